The van der Waals surface area contributed by atoms with Crippen LogP contribution in [-0.2, 0) is 16.5 Å². The van der Waals surface area contributed by atoms with Crippen molar-refractivity contribution in [3.63, 3.8) is 0 Å². The van der Waals surface area contributed by atoms with Crippen molar-refractivity contribution in [2.75, 3.05) is 0 Å². The second-order valence-electron chi connectivity index (χ2n) is 6.35. The Morgan fingerprint density at radius 3 is 2.28 bits per heavy atom. The molecule has 0 aromatic heterocycles. The Hall–Kier alpha value is -3.49. The molecule has 0 aliphatic carbocycles. The Kier molecular flexibility index (Phi) is 5.23. The van der Waals surface area contributed by atoms with Crippen molar-refractivity contribution in [3.05, 3.63) is 81.4 Å². The second-order valence-corrected chi connectivity index (χ2v) is 6.35. The van der Waals surface area contributed by atoms with Crippen molar-refractivity contribution in [2.45, 2.75) is 25.1 Å². The topological polar surface area (TPSA) is 81.8 Å². The monoisotopic (exact) mass is 404 g/mol. The van der Waals surface area contributed by atoms with E-state index in [1.165, 1.54) is 42.6 Å². The van der Waals surface area contributed by atoms with Crippen molar-refractivity contribution in [3.8, 4) is 5.75 Å². The first kappa shape index (κ1) is 20.2. The van der Waals surface area contributed by atoms with E-state index < -0.39 is 28.2 Å². The minimum Gasteiger partial charge on any atom is -0.423 e. The highest BCUT2D eigenvalue weighted by molar-refractivity contribution is 6.11. The maximum Gasteiger partial charge on any atom is 0.416 e. The van der Waals surface area contributed by atoms with Gasteiger partial charge in [0.25, 0.3) is 5.69 Å². The first-order valence-electron chi connectivity index (χ1n) is 8.57. The van der Waals surface area contributed by atoms with E-state index in [0.29, 0.717) is 12.0 Å². The summed E-state index contributed by atoms with van der Waals surface area (Å²) in [6, 6.07) is 9.63. The molecule has 150 valence electrons. The van der Waals surface area contributed by atoms with Gasteiger partial charge in [0.15, 0.2) is 0 Å². The maximum absolute atomic E-state index is 12.8. The highest BCUT2D eigenvalue weighted by Gasteiger charge is 2.35. The molecular formula is C20H15F3N2O4. The predicted octanol–water partition coefficient (Wildman–Crippen LogP) is 4.84. The number of hydrogen-bond acceptors (Lipinski definition) is 5. The average Bonchev–Trinajstić information content (AvgIpc) is 3.14. The van der Waals surface area contributed by atoms with E-state index in [1.54, 1.807) is 13.0 Å². The van der Waals surface area contributed by atoms with E-state index in [1.807, 2.05) is 0 Å². The summed E-state index contributed by atoms with van der Waals surface area (Å²) in [6.07, 6.45) is -1.16. The van der Waals surface area contributed by atoms with Gasteiger partial charge < -0.3 is 4.74 Å². The smallest absolute Gasteiger partial charge is 0.416 e. The summed E-state index contributed by atoms with van der Waals surface area (Å²) in [5, 5.41) is 10.7. The Bertz CT molecular complexity index is 996. The molecule has 2 aromatic rings. The molecule has 9 heteroatoms. The lowest BCUT2D eigenvalue weighted by atomic mass is 9.87. The van der Waals surface area contributed by atoms with Gasteiger partial charge in [-0.05, 0) is 42.3 Å². The SMILES string of the molecule is CCC1(c2ccc(C(F)(F)F)cc2)C=C(C(=O)Oc2ccc([N+](=O)[O-])cc2)C=N1. The molecule has 0 saturated carbocycles. The summed E-state index contributed by atoms with van der Waals surface area (Å²) in [6.45, 7) is 1.80. The minimum absolute atomic E-state index is 0.124. The zero-order chi connectivity index (χ0) is 21.2. The molecule has 0 radical (unpaired) electrons. The van der Waals surface area contributed by atoms with Gasteiger partial charge in [0.2, 0.25) is 0 Å². The molecular weight excluding hydrogens is 389 g/mol. The lowest BCUT2D eigenvalue weighted by Crippen LogP contribution is -2.19. The molecule has 0 bridgehead atoms. The molecule has 0 amide bonds. The minimum atomic E-state index is -4.44. The summed E-state index contributed by atoms with van der Waals surface area (Å²) < 4.78 is 43.5. The van der Waals surface area contributed by atoms with Crippen molar-refractivity contribution >= 4 is 17.9 Å². The number of ether oxygens (including phenoxy) is 1. The largest absolute Gasteiger partial charge is 0.423 e. The van der Waals surface area contributed by atoms with Crippen LogP contribution < -0.4 is 4.74 Å². The fourth-order valence-electron chi connectivity index (χ4n) is 2.93. The number of carbonyl (C=O) groups is 1. The van der Waals surface area contributed by atoms with Gasteiger partial charge in [-0.3, -0.25) is 15.1 Å². The van der Waals surface area contributed by atoms with E-state index in [9.17, 15) is 28.1 Å². The van der Waals surface area contributed by atoms with E-state index in [4.69, 9.17) is 4.74 Å². The molecule has 6 nitrogen and oxygen atoms in total. The lowest BCUT2D eigenvalue weighted by Gasteiger charge is -2.23. The van der Waals surface area contributed by atoms with Gasteiger partial charge in [-0.15, -0.1) is 0 Å². The molecule has 29 heavy (non-hydrogen) atoms. The van der Waals surface area contributed by atoms with Crippen LogP contribution in [0.25, 0.3) is 0 Å². The maximum atomic E-state index is 12.8. The van der Waals surface area contributed by atoms with Gasteiger partial charge >= 0.3 is 12.1 Å². The zero-order valence-electron chi connectivity index (χ0n) is 15.1. The lowest BCUT2D eigenvalue weighted by molar-refractivity contribution is -0.384. The Balaban J connectivity index is 1.80. The summed E-state index contributed by atoms with van der Waals surface area (Å²) in [5.74, 6) is -0.594. The number of nitro groups is 1. The van der Waals surface area contributed by atoms with Gasteiger partial charge in [-0.25, -0.2) is 4.79 Å². The first-order valence-corrected chi connectivity index (χ1v) is 8.57. The van der Waals surface area contributed by atoms with E-state index in [2.05, 4.69) is 4.99 Å². The third-order valence-electron chi connectivity index (χ3n) is 4.57. The number of hydrogen-bond donors (Lipinski definition) is 0. The van der Waals surface area contributed by atoms with Crippen LogP contribution >= 0.6 is 0 Å². The van der Waals surface area contributed by atoms with Crippen LogP contribution in [0.4, 0.5) is 18.9 Å². The molecule has 0 spiro atoms. The highest BCUT2D eigenvalue weighted by atomic mass is 19.4. The molecule has 1 aliphatic heterocycles. The van der Waals surface area contributed by atoms with Crippen LogP contribution in [0.5, 0.6) is 5.75 Å². The van der Waals surface area contributed by atoms with Crippen LogP contribution in [0.1, 0.15) is 24.5 Å². The zero-order valence-corrected chi connectivity index (χ0v) is 15.1. The van der Waals surface area contributed by atoms with Gasteiger partial charge in [0, 0.05) is 18.3 Å². The van der Waals surface area contributed by atoms with Crippen molar-refractivity contribution in [1.82, 2.24) is 0 Å². The van der Waals surface area contributed by atoms with Gasteiger partial charge in [0.05, 0.1) is 16.1 Å². The summed E-state index contributed by atoms with van der Waals surface area (Å²) in [4.78, 5) is 26.8. The third-order valence-corrected chi connectivity index (χ3v) is 4.57. The molecule has 2 aromatic carbocycles. The van der Waals surface area contributed by atoms with E-state index in [-0.39, 0.29) is 17.0 Å². The molecule has 1 atom stereocenters. The van der Waals surface area contributed by atoms with Crippen LogP contribution in [-0.4, -0.2) is 17.1 Å². The Labute approximate surface area is 163 Å². The van der Waals surface area contributed by atoms with E-state index >= 15 is 0 Å². The first-order chi connectivity index (χ1) is 13.6. The fourth-order valence-corrected chi connectivity index (χ4v) is 2.93. The molecule has 0 saturated heterocycles. The van der Waals surface area contributed by atoms with Crippen molar-refractivity contribution in [2.24, 2.45) is 4.99 Å². The van der Waals surface area contributed by atoms with Crippen molar-refractivity contribution in [1.29, 1.82) is 0 Å². The molecule has 1 unspecified atom stereocenters. The van der Waals surface area contributed by atoms with E-state index in [0.717, 1.165) is 12.1 Å². The molecule has 0 fully saturated rings. The molecule has 1 heterocycles. The summed E-state index contributed by atoms with van der Waals surface area (Å²) in [7, 11) is 0. The number of nitrogens with zero attached hydrogens (tertiary/aromatic N) is 2. The van der Waals surface area contributed by atoms with Gasteiger partial charge in [-0.2, -0.15) is 13.2 Å². The number of carbonyl (C=O) groups excluding carboxylic acids is 1. The quantitative estimate of drug-likeness (QED) is 0.309. The molecule has 3 rings (SSSR count). The normalized spacial score (nSPS) is 18.4. The summed E-state index contributed by atoms with van der Waals surface area (Å²) >= 11 is 0. The molecule has 1 aliphatic rings. The predicted molar refractivity (Wildman–Crippen MR) is 98.7 cm³/mol. The highest BCUT2D eigenvalue weighted by Crippen LogP contribution is 2.37. The van der Waals surface area contributed by atoms with Crippen LogP contribution in [0.2, 0.25) is 0 Å². The standard InChI is InChI=1S/C20H15F3N2O4/c1-2-19(14-3-5-15(6-4-14)20(21,22)23)11-13(12-24-19)18(26)29-17-9-7-16(8-10-17)25(27)28/h3-12H,2H2,1H3. The van der Waals surface area contributed by atoms with Crippen LogP contribution in [0.3, 0.4) is 0 Å². The number of rotatable bonds is 5. The van der Waals surface area contributed by atoms with Crippen LogP contribution in [0, 0.1) is 10.1 Å². The number of esters is 1. The summed E-state index contributed by atoms with van der Waals surface area (Å²) in [5.41, 5.74) is -1.21. The number of aliphatic imine (C=N–C) groups is 1. The number of benzene rings is 2. The number of nitro benzene ring substituents is 1. The number of halogens is 3. The Morgan fingerprint density at radius 1 is 1.14 bits per heavy atom. The second kappa shape index (κ2) is 7.50. The Morgan fingerprint density at radius 2 is 1.76 bits per heavy atom. The van der Waals surface area contributed by atoms with Gasteiger partial charge in [-0.1, -0.05) is 19.1 Å². The number of alkyl halides is 3. The molecule has 0 N–H and O–H groups in total. The van der Waals surface area contributed by atoms with Crippen molar-refractivity contribution < 1.29 is 27.6 Å². The number of non-ortho nitro benzene ring substituents is 1. The van der Waals surface area contributed by atoms with Crippen LogP contribution in [0.15, 0.2) is 65.2 Å². The fraction of sp³-hybridized carbons (Fsp3) is 0.200. The third kappa shape index (κ3) is 4.18. The van der Waals surface area contributed by atoms with Gasteiger partial charge in [0.1, 0.15) is 11.3 Å². The average molecular weight is 404 g/mol.